The SMILES string of the molecule is CC.CC.CC.CCOc1c(OC)cc(C2c3cc4c(cc3OC(N(CC)CCOC)C2C)OCO4)cc1OC. The highest BCUT2D eigenvalue weighted by atomic mass is 16.7. The maximum absolute atomic E-state index is 6.59. The highest BCUT2D eigenvalue weighted by Crippen LogP contribution is 2.51. The lowest BCUT2D eigenvalue weighted by Crippen LogP contribution is -2.49. The minimum Gasteiger partial charge on any atom is -0.493 e. The summed E-state index contributed by atoms with van der Waals surface area (Å²) >= 11 is 0. The van der Waals surface area contributed by atoms with Gasteiger partial charge in [-0.2, -0.15) is 0 Å². The molecule has 8 nitrogen and oxygen atoms in total. The Morgan fingerprint density at radius 3 is 1.90 bits per heavy atom. The second-order valence-corrected chi connectivity index (χ2v) is 8.40. The Morgan fingerprint density at radius 1 is 0.825 bits per heavy atom. The van der Waals surface area contributed by atoms with Gasteiger partial charge in [0.25, 0.3) is 0 Å². The third kappa shape index (κ3) is 7.88. The Bertz CT molecular complexity index is 972. The smallest absolute Gasteiger partial charge is 0.231 e. The Kier molecular flexibility index (Phi) is 16.3. The third-order valence-electron chi connectivity index (χ3n) is 6.54. The first kappa shape index (κ1) is 35.2. The molecule has 2 aliphatic heterocycles. The van der Waals surface area contributed by atoms with Crippen LogP contribution in [0.5, 0.6) is 34.5 Å². The van der Waals surface area contributed by atoms with Crippen LogP contribution in [-0.2, 0) is 4.74 Å². The van der Waals surface area contributed by atoms with Crippen molar-refractivity contribution in [2.24, 2.45) is 5.92 Å². The first-order valence-corrected chi connectivity index (χ1v) is 14.8. The fraction of sp³-hybridized carbons (Fsp3) is 0.625. The Balaban J connectivity index is 0.00000125. The van der Waals surface area contributed by atoms with E-state index >= 15 is 0 Å². The van der Waals surface area contributed by atoms with Gasteiger partial charge in [-0.3, -0.25) is 4.90 Å². The van der Waals surface area contributed by atoms with Crippen LogP contribution in [0.15, 0.2) is 24.3 Å². The summed E-state index contributed by atoms with van der Waals surface area (Å²) in [5.41, 5.74) is 2.10. The van der Waals surface area contributed by atoms with Crippen molar-refractivity contribution in [2.45, 2.75) is 74.5 Å². The van der Waals surface area contributed by atoms with E-state index in [9.17, 15) is 0 Å². The van der Waals surface area contributed by atoms with Crippen LogP contribution in [0.4, 0.5) is 0 Å². The largest absolute Gasteiger partial charge is 0.493 e. The number of nitrogens with zero attached hydrogens (tertiary/aromatic N) is 1. The Labute approximate surface area is 242 Å². The van der Waals surface area contributed by atoms with E-state index in [2.05, 4.69) is 18.7 Å². The normalized spacial score (nSPS) is 18.0. The minimum atomic E-state index is -0.151. The van der Waals surface area contributed by atoms with E-state index in [1.54, 1.807) is 21.3 Å². The number of likely N-dealkylation sites (N-methyl/N-ethyl adjacent to an activating group) is 1. The molecule has 0 N–H and O–H groups in total. The molecule has 3 atom stereocenters. The van der Waals surface area contributed by atoms with Gasteiger partial charge in [-0.15, -0.1) is 0 Å². The van der Waals surface area contributed by atoms with Crippen LogP contribution in [0.2, 0.25) is 0 Å². The van der Waals surface area contributed by atoms with Crippen LogP contribution in [0.1, 0.15) is 79.4 Å². The van der Waals surface area contributed by atoms with E-state index in [0.717, 1.165) is 35.7 Å². The average molecular weight is 564 g/mol. The third-order valence-corrected chi connectivity index (χ3v) is 6.54. The fourth-order valence-corrected chi connectivity index (χ4v) is 4.90. The maximum atomic E-state index is 6.59. The summed E-state index contributed by atoms with van der Waals surface area (Å²) in [7, 11) is 5.01. The average Bonchev–Trinajstić information content (AvgIpc) is 3.47. The molecular weight excluding hydrogens is 510 g/mol. The van der Waals surface area contributed by atoms with Crippen molar-refractivity contribution in [3.8, 4) is 34.5 Å². The van der Waals surface area contributed by atoms with Gasteiger partial charge in [0.1, 0.15) is 5.75 Å². The highest BCUT2D eigenvalue weighted by molar-refractivity contribution is 5.60. The lowest BCUT2D eigenvalue weighted by atomic mass is 9.78. The standard InChI is InChI=1S/C26H35NO7.3C2H6/c1-7-27(9-10-28-4)26-16(3)24(18-13-20-21(33-15-32-20)14-19(18)34-26)17-11-22(29-5)25(31-8-2)23(12-17)30-6;3*1-2/h11-14,16,24,26H,7-10,15H2,1-6H3;3*1-2H3. The number of hydrogen-bond donors (Lipinski definition) is 0. The highest BCUT2D eigenvalue weighted by Gasteiger charge is 2.41. The van der Waals surface area contributed by atoms with Gasteiger partial charge in [-0.1, -0.05) is 55.4 Å². The van der Waals surface area contributed by atoms with Crippen molar-refractivity contribution < 1.29 is 33.2 Å². The number of rotatable bonds is 10. The predicted octanol–water partition coefficient (Wildman–Crippen LogP) is 7.36. The molecule has 228 valence electrons. The van der Waals surface area contributed by atoms with Crippen molar-refractivity contribution >= 4 is 0 Å². The second-order valence-electron chi connectivity index (χ2n) is 8.40. The molecule has 3 unspecified atom stereocenters. The quantitative estimate of drug-likeness (QED) is 0.297. The monoisotopic (exact) mass is 563 g/mol. The molecule has 0 saturated heterocycles. The molecule has 4 rings (SSSR count). The minimum absolute atomic E-state index is 0.00155. The summed E-state index contributed by atoms with van der Waals surface area (Å²) in [5.74, 6) is 4.22. The first-order chi connectivity index (χ1) is 19.6. The van der Waals surface area contributed by atoms with Crippen molar-refractivity contribution in [3.63, 3.8) is 0 Å². The Morgan fingerprint density at radius 2 is 1.40 bits per heavy atom. The molecule has 0 radical (unpaired) electrons. The molecule has 2 aliphatic rings. The molecule has 0 aromatic heterocycles. The van der Waals surface area contributed by atoms with Gasteiger partial charge in [0, 0.05) is 37.1 Å². The van der Waals surface area contributed by atoms with Crippen LogP contribution in [-0.4, -0.2) is 65.6 Å². The van der Waals surface area contributed by atoms with E-state index in [1.807, 2.05) is 72.7 Å². The fourth-order valence-electron chi connectivity index (χ4n) is 4.90. The summed E-state index contributed by atoms with van der Waals surface area (Å²) < 4.78 is 40.6. The van der Waals surface area contributed by atoms with Crippen LogP contribution in [0, 0.1) is 5.92 Å². The van der Waals surface area contributed by atoms with E-state index in [0.29, 0.717) is 36.2 Å². The summed E-state index contributed by atoms with van der Waals surface area (Å²) in [6, 6.07) is 8.06. The number of fused-ring (bicyclic) bond motifs is 2. The van der Waals surface area contributed by atoms with E-state index in [4.69, 9.17) is 33.2 Å². The van der Waals surface area contributed by atoms with Gasteiger partial charge in [0.2, 0.25) is 12.5 Å². The predicted molar refractivity (Wildman–Crippen MR) is 162 cm³/mol. The van der Waals surface area contributed by atoms with Crippen LogP contribution in [0.25, 0.3) is 0 Å². The summed E-state index contributed by atoms with van der Waals surface area (Å²) in [6.07, 6.45) is -0.151. The molecule has 2 aromatic carbocycles. The first-order valence-electron chi connectivity index (χ1n) is 14.8. The maximum Gasteiger partial charge on any atom is 0.231 e. The molecular formula is C32H53NO7. The van der Waals surface area contributed by atoms with E-state index < -0.39 is 0 Å². The molecule has 0 fully saturated rings. The number of benzene rings is 2. The van der Waals surface area contributed by atoms with Crippen LogP contribution >= 0.6 is 0 Å². The number of ether oxygens (including phenoxy) is 7. The van der Waals surface area contributed by atoms with Gasteiger partial charge < -0.3 is 33.2 Å². The molecule has 2 heterocycles. The lowest BCUT2D eigenvalue weighted by Gasteiger charge is -2.43. The zero-order valence-corrected chi connectivity index (χ0v) is 26.9. The number of hydrogen-bond acceptors (Lipinski definition) is 8. The van der Waals surface area contributed by atoms with Crippen LogP contribution < -0.4 is 28.4 Å². The van der Waals surface area contributed by atoms with E-state index in [1.165, 1.54) is 0 Å². The van der Waals surface area contributed by atoms with Crippen molar-refractivity contribution in [3.05, 3.63) is 35.4 Å². The second kappa shape index (κ2) is 18.5. The number of methoxy groups -OCH3 is 3. The van der Waals surface area contributed by atoms with E-state index in [-0.39, 0.29) is 24.9 Å². The topological polar surface area (TPSA) is 67.9 Å². The van der Waals surface area contributed by atoms with Crippen LogP contribution in [0.3, 0.4) is 0 Å². The Hall–Kier alpha value is -2.84. The molecule has 2 aromatic rings. The van der Waals surface area contributed by atoms with Gasteiger partial charge in [-0.05, 0) is 37.2 Å². The molecule has 0 amide bonds. The molecule has 0 bridgehead atoms. The molecule has 0 aliphatic carbocycles. The van der Waals surface area contributed by atoms with Crippen molar-refractivity contribution in [1.82, 2.24) is 4.90 Å². The van der Waals surface area contributed by atoms with Gasteiger partial charge in [-0.25, -0.2) is 0 Å². The molecule has 0 saturated carbocycles. The summed E-state index contributed by atoms with van der Waals surface area (Å²) in [4.78, 5) is 2.30. The zero-order chi connectivity index (χ0) is 30.2. The molecule has 8 heteroatoms. The summed E-state index contributed by atoms with van der Waals surface area (Å²) in [5, 5.41) is 0. The molecule has 0 spiro atoms. The van der Waals surface area contributed by atoms with Gasteiger partial charge in [0.05, 0.1) is 27.4 Å². The van der Waals surface area contributed by atoms with Crippen molar-refractivity contribution in [2.75, 3.05) is 54.4 Å². The molecule has 40 heavy (non-hydrogen) atoms. The van der Waals surface area contributed by atoms with Gasteiger partial charge >= 0.3 is 0 Å². The van der Waals surface area contributed by atoms with Gasteiger partial charge in [0.15, 0.2) is 29.2 Å². The lowest BCUT2D eigenvalue weighted by molar-refractivity contribution is -0.0379. The summed E-state index contributed by atoms with van der Waals surface area (Å²) in [6.45, 7) is 21.2. The zero-order valence-electron chi connectivity index (χ0n) is 26.9. The van der Waals surface area contributed by atoms with Crippen molar-refractivity contribution in [1.29, 1.82) is 0 Å².